The Kier molecular flexibility index (Phi) is 3.19. The summed E-state index contributed by atoms with van der Waals surface area (Å²) in [5, 5.41) is -0.300. The number of benzene rings is 1. The Labute approximate surface area is 101 Å². The SMILES string of the molecule is NC(=O)c1cccc(S(=O)(=O)C2CCCC2)c1. The van der Waals surface area contributed by atoms with Crippen LogP contribution in [-0.2, 0) is 9.84 Å². The molecule has 1 aromatic carbocycles. The van der Waals surface area contributed by atoms with Crippen LogP contribution < -0.4 is 5.73 Å². The highest BCUT2D eigenvalue weighted by Crippen LogP contribution is 2.29. The van der Waals surface area contributed by atoms with Crippen LogP contribution >= 0.6 is 0 Å². The average Bonchev–Trinajstić information content (AvgIpc) is 2.83. The molecule has 4 nitrogen and oxygen atoms in total. The van der Waals surface area contributed by atoms with Crippen molar-refractivity contribution in [3.63, 3.8) is 0 Å². The van der Waals surface area contributed by atoms with Gasteiger partial charge in [0.2, 0.25) is 5.91 Å². The van der Waals surface area contributed by atoms with E-state index in [1.165, 1.54) is 18.2 Å². The third kappa shape index (κ3) is 2.34. The highest BCUT2D eigenvalue weighted by Gasteiger charge is 2.30. The van der Waals surface area contributed by atoms with Gasteiger partial charge in [0.05, 0.1) is 10.1 Å². The van der Waals surface area contributed by atoms with Crippen LogP contribution in [-0.4, -0.2) is 19.6 Å². The minimum atomic E-state index is -3.30. The van der Waals surface area contributed by atoms with Crippen LogP contribution in [0.1, 0.15) is 36.0 Å². The highest BCUT2D eigenvalue weighted by molar-refractivity contribution is 7.92. The van der Waals surface area contributed by atoms with E-state index >= 15 is 0 Å². The second-order valence-corrected chi connectivity index (χ2v) is 6.57. The first-order chi connectivity index (χ1) is 8.01. The Hall–Kier alpha value is -1.36. The molecule has 0 unspecified atom stereocenters. The van der Waals surface area contributed by atoms with E-state index in [9.17, 15) is 13.2 Å². The molecule has 1 aliphatic rings. The van der Waals surface area contributed by atoms with Gasteiger partial charge in [-0.1, -0.05) is 18.9 Å². The van der Waals surface area contributed by atoms with Crippen molar-refractivity contribution in [3.8, 4) is 0 Å². The number of carbonyl (C=O) groups excluding carboxylic acids is 1. The van der Waals surface area contributed by atoms with E-state index < -0.39 is 15.7 Å². The van der Waals surface area contributed by atoms with Crippen molar-refractivity contribution in [1.29, 1.82) is 0 Å². The van der Waals surface area contributed by atoms with Crippen molar-refractivity contribution in [2.75, 3.05) is 0 Å². The quantitative estimate of drug-likeness (QED) is 0.886. The summed E-state index contributed by atoms with van der Waals surface area (Å²) >= 11 is 0. The maximum atomic E-state index is 12.3. The summed E-state index contributed by atoms with van der Waals surface area (Å²) in [6, 6.07) is 5.98. The third-order valence-electron chi connectivity index (χ3n) is 3.19. The first-order valence-corrected chi connectivity index (χ1v) is 7.20. The van der Waals surface area contributed by atoms with Crippen molar-refractivity contribution >= 4 is 15.7 Å². The van der Waals surface area contributed by atoms with Gasteiger partial charge in [0.15, 0.2) is 9.84 Å². The van der Waals surface area contributed by atoms with Crippen molar-refractivity contribution < 1.29 is 13.2 Å². The van der Waals surface area contributed by atoms with E-state index in [0.717, 1.165) is 12.8 Å². The fourth-order valence-corrected chi connectivity index (χ4v) is 4.12. The van der Waals surface area contributed by atoms with Gasteiger partial charge in [-0.05, 0) is 31.0 Å². The number of nitrogens with two attached hydrogens (primary N) is 1. The Morgan fingerprint density at radius 3 is 2.47 bits per heavy atom. The van der Waals surface area contributed by atoms with Crippen LogP contribution in [0, 0.1) is 0 Å². The molecule has 1 saturated carbocycles. The molecule has 17 heavy (non-hydrogen) atoms. The topological polar surface area (TPSA) is 77.2 Å². The average molecular weight is 253 g/mol. The Morgan fingerprint density at radius 2 is 1.88 bits per heavy atom. The Morgan fingerprint density at radius 1 is 1.24 bits per heavy atom. The van der Waals surface area contributed by atoms with E-state index in [4.69, 9.17) is 5.73 Å². The summed E-state index contributed by atoms with van der Waals surface area (Å²) in [5.74, 6) is -0.603. The van der Waals surface area contributed by atoms with E-state index in [2.05, 4.69) is 0 Å². The fourth-order valence-electron chi connectivity index (χ4n) is 2.22. The maximum Gasteiger partial charge on any atom is 0.248 e. The monoisotopic (exact) mass is 253 g/mol. The number of primary amides is 1. The first kappa shape index (κ1) is 12.1. The van der Waals surface area contributed by atoms with Gasteiger partial charge in [-0.15, -0.1) is 0 Å². The Balaban J connectivity index is 2.39. The molecule has 0 radical (unpaired) electrons. The summed E-state index contributed by atoms with van der Waals surface area (Å²) < 4.78 is 24.5. The van der Waals surface area contributed by atoms with Gasteiger partial charge in [0, 0.05) is 5.56 Å². The number of hydrogen-bond acceptors (Lipinski definition) is 3. The van der Waals surface area contributed by atoms with Crippen molar-refractivity contribution in [2.24, 2.45) is 5.73 Å². The molecule has 0 bridgehead atoms. The number of hydrogen-bond donors (Lipinski definition) is 1. The van der Waals surface area contributed by atoms with Gasteiger partial charge in [-0.2, -0.15) is 0 Å². The second kappa shape index (κ2) is 4.49. The van der Waals surface area contributed by atoms with Crippen LogP contribution in [0.4, 0.5) is 0 Å². The molecule has 0 atom stereocenters. The van der Waals surface area contributed by atoms with Gasteiger partial charge < -0.3 is 5.73 Å². The lowest BCUT2D eigenvalue weighted by atomic mass is 10.2. The molecule has 0 aromatic heterocycles. The van der Waals surface area contributed by atoms with Gasteiger partial charge in [-0.25, -0.2) is 8.42 Å². The number of amides is 1. The highest BCUT2D eigenvalue weighted by atomic mass is 32.2. The summed E-state index contributed by atoms with van der Waals surface area (Å²) in [5.41, 5.74) is 5.39. The molecule has 5 heteroatoms. The van der Waals surface area contributed by atoms with E-state index in [0.29, 0.717) is 12.8 Å². The van der Waals surface area contributed by atoms with Gasteiger partial charge in [0.25, 0.3) is 0 Å². The molecule has 1 fully saturated rings. The lowest BCUT2D eigenvalue weighted by Crippen LogP contribution is -2.19. The minimum Gasteiger partial charge on any atom is -0.366 e. The zero-order valence-corrected chi connectivity index (χ0v) is 10.2. The zero-order chi connectivity index (χ0) is 12.5. The summed E-state index contributed by atoms with van der Waals surface area (Å²) in [6.45, 7) is 0. The van der Waals surface area contributed by atoms with Crippen LogP contribution in [0.5, 0.6) is 0 Å². The first-order valence-electron chi connectivity index (χ1n) is 5.65. The van der Waals surface area contributed by atoms with Crippen LogP contribution in [0.2, 0.25) is 0 Å². The van der Waals surface area contributed by atoms with Crippen LogP contribution in [0.3, 0.4) is 0 Å². The molecule has 2 rings (SSSR count). The van der Waals surface area contributed by atoms with Crippen molar-refractivity contribution in [3.05, 3.63) is 29.8 Å². The Bertz CT molecular complexity index is 530. The van der Waals surface area contributed by atoms with Gasteiger partial charge in [-0.3, -0.25) is 4.79 Å². The molecule has 0 saturated heterocycles. The van der Waals surface area contributed by atoms with E-state index in [1.807, 2.05) is 0 Å². The van der Waals surface area contributed by atoms with Crippen LogP contribution in [0.15, 0.2) is 29.2 Å². The fraction of sp³-hybridized carbons (Fsp3) is 0.417. The van der Waals surface area contributed by atoms with E-state index in [-0.39, 0.29) is 15.7 Å². The predicted molar refractivity (Wildman–Crippen MR) is 64.4 cm³/mol. The lowest BCUT2D eigenvalue weighted by Gasteiger charge is -2.11. The third-order valence-corrected chi connectivity index (χ3v) is 5.45. The summed E-state index contributed by atoms with van der Waals surface area (Å²) in [4.78, 5) is 11.2. The largest absolute Gasteiger partial charge is 0.366 e. The molecule has 0 aliphatic heterocycles. The zero-order valence-electron chi connectivity index (χ0n) is 9.43. The smallest absolute Gasteiger partial charge is 0.248 e. The number of sulfone groups is 1. The maximum absolute atomic E-state index is 12.3. The molecule has 92 valence electrons. The molecular formula is C12H15NO3S. The molecule has 1 aliphatic carbocycles. The molecule has 0 heterocycles. The number of rotatable bonds is 3. The molecular weight excluding hydrogens is 238 g/mol. The molecule has 0 spiro atoms. The second-order valence-electron chi connectivity index (χ2n) is 4.34. The van der Waals surface area contributed by atoms with E-state index in [1.54, 1.807) is 6.07 Å². The predicted octanol–water partition coefficient (Wildman–Crippen LogP) is 1.50. The van der Waals surface area contributed by atoms with Crippen molar-refractivity contribution in [2.45, 2.75) is 35.8 Å². The van der Waals surface area contributed by atoms with Gasteiger partial charge >= 0.3 is 0 Å². The number of carbonyl (C=O) groups is 1. The lowest BCUT2D eigenvalue weighted by molar-refractivity contribution is 0.1000. The van der Waals surface area contributed by atoms with Crippen LogP contribution in [0.25, 0.3) is 0 Å². The summed E-state index contributed by atoms with van der Waals surface area (Å²) in [6.07, 6.45) is 3.34. The van der Waals surface area contributed by atoms with Crippen molar-refractivity contribution in [1.82, 2.24) is 0 Å². The standard InChI is InChI=1S/C12H15NO3S/c13-12(14)9-4-3-7-11(8-9)17(15,16)10-5-1-2-6-10/h3-4,7-8,10H,1-2,5-6H2,(H2,13,14). The normalized spacial score (nSPS) is 17.2. The summed E-state index contributed by atoms with van der Waals surface area (Å²) in [7, 11) is -3.30. The molecule has 1 amide bonds. The molecule has 2 N–H and O–H groups in total. The minimum absolute atomic E-state index is 0.209. The van der Waals surface area contributed by atoms with Gasteiger partial charge in [0.1, 0.15) is 0 Å². The molecule has 1 aromatic rings.